The molecule has 1 saturated heterocycles. The van der Waals surface area contributed by atoms with Crippen molar-refractivity contribution in [3.8, 4) is 11.5 Å². The predicted octanol–water partition coefficient (Wildman–Crippen LogP) is 3.11. The average Bonchev–Trinajstić information content (AvgIpc) is 3.49. The van der Waals surface area contributed by atoms with Crippen LogP contribution in [-0.2, 0) is 4.74 Å². The van der Waals surface area contributed by atoms with Gasteiger partial charge >= 0.3 is 6.03 Å². The minimum atomic E-state index is -0.172. The third-order valence-corrected chi connectivity index (χ3v) is 5.23. The van der Waals surface area contributed by atoms with E-state index in [0.29, 0.717) is 18.0 Å². The molecule has 2 aromatic rings. The number of carbonyl (C=O) groups is 1. The molecule has 0 atom stereocenters. The van der Waals surface area contributed by atoms with Crippen LogP contribution in [0.4, 0.5) is 10.5 Å². The van der Waals surface area contributed by atoms with E-state index < -0.39 is 0 Å². The Bertz CT molecular complexity index is 772. The van der Waals surface area contributed by atoms with Crippen molar-refractivity contribution in [2.75, 3.05) is 44.7 Å². The molecule has 1 aliphatic carbocycles. The monoisotopic (exact) mass is 382 g/mol. The lowest BCUT2D eigenvalue weighted by Gasteiger charge is -2.30. The molecule has 1 aliphatic heterocycles. The summed E-state index contributed by atoms with van der Waals surface area (Å²) in [7, 11) is 0. The van der Waals surface area contributed by atoms with Crippen molar-refractivity contribution >= 4 is 11.7 Å². The van der Waals surface area contributed by atoms with Crippen LogP contribution >= 0.6 is 0 Å². The van der Waals surface area contributed by atoms with Gasteiger partial charge in [-0.25, -0.2) is 4.79 Å². The molecule has 2 fully saturated rings. The van der Waals surface area contributed by atoms with Crippen molar-refractivity contribution in [2.24, 2.45) is 5.41 Å². The summed E-state index contributed by atoms with van der Waals surface area (Å²) in [4.78, 5) is 18.7. The van der Waals surface area contributed by atoms with Crippen LogP contribution in [0.15, 0.2) is 48.8 Å². The zero-order valence-corrected chi connectivity index (χ0v) is 15.9. The molecule has 7 nitrogen and oxygen atoms in total. The van der Waals surface area contributed by atoms with Crippen molar-refractivity contribution in [2.45, 2.75) is 12.8 Å². The number of pyridine rings is 1. The molecule has 0 unspecified atom stereocenters. The van der Waals surface area contributed by atoms with E-state index in [2.05, 4.69) is 20.5 Å². The molecule has 0 bridgehead atoms. The fourth-order valence-corrected chi connectivity index (χ4v) is 3.39. The topological polar surface area (TPSA) is 75.7 Å². The zero-order valence-electron chi connectivity index (χ0n) is 15.9. The smallest absolute Gasteiger partial charge is 0.319 e. The number of morpholine rings is 1. The van der Waals surface area contributed by atoms with E-state index in [1.165, 1.54) is 12.8 Å². The number of rotatable bonds is 7. The normalized spacial score (nSPS) is 18.3. The number of hydrogen-bond donors (Lipinski definition) is 2. The van der Waals surface area contributed by atoms with E-state index in [-0.39, 0.29) is 11.4 Å². The van der Waals surface area contributed by atoms with E-state index in [4.69, 9.17) is 9.47 Å². The number of hydrogen-bond acceptors (Lipinski definition) is 5. The number of aromatic nitrogens is 1. The highest BCUT2D eigenvalue weighted by Gasteiger charge is 2.44. The molecule has 2 N–H and O–H groups in total. The Morgan fingerprint density at radius 3 is 2.61 bits per heavy atom. The lowest BCUT2D eigenvalue weighted by atomic mass is 10.1. The Balaban J connectivity index is 1.22. The van der Waals surface area contributed by atoms with Crippen LogP contribution < -0.4 is 15.4 Å². The standard InChI is InChI=1S/C21H26N4O3/c26-20(23-15-21(7-8-21)16-25-10-12-27-13-11-25)24-17-3-5-18(6-4-17)28-19-2-1-9-22-14-19/h1-6,9,14H,7-8,10-13,15-16H2,(H2,23,24,26). The summed E-state index contributed by atoms with van der Waals surface area (Å²) in [6.45, 7) is 5.34. The van der Waals surface area contributed by atoms with Crippen LogP contribution in [0.25, 0.3) is 0 Å². The molecule has 2 aliphatic rings. The van der Waals surface area contributed by atoms with Gasteiger partial charge in [0.1, 0.15) is 11.5 Å². The maximum Gasteiger partial charge on any atom is 0.319 e. The summed E-state index contributed by atoms with van der Waals surface area (Å²) in [5.74, 6) is 1.37. The molecule has 0 spiro atoms. The molecule has 1 aromatic carbocycles. The fourth-order valence-electron chi connectivity index (χ4n) is 3.39. The number of amides is 2. The van der Waals surface area contributed by atoms with Crippen LogP contribution in [0.3, 0.4) is 0 Å². The summed E-state index contributed by atoms with van der Waals surface area (Å²) >= 11 is 0. The van der Waals surface area contributed by atoms with Crippen molar-refractivity contribution in [3.63, 3.8) is 0 Å². The van der Waals surface area contributed by atoms with Gasteiger partial charge in [0.25, 0.3) is 0 Å². The largest absolute Gasteiger partial charge is 0.456 e. The van der Waals surface area contributed by atoms with Gasteiger partial charge in [-0.3, -0.25) is 9.88 Å². The van der Waals surface area contributed by atoms with Crippen LogP contribution in [0.5, 0.6) is 11.5 Å². The molecule has 7 heteroatoms. The third-order valence-electron chi connectivity index (χ3n) is 5.23. The first-order chi connectivity index (χ1) is 13.7. The second kappa shape index (κ2) is 8.58. The molecular weight excluding hydrogens is 356 g/mol. The van der Waals surface area contributed by atoms with E-state index in [1.54, 1.807) is 12.4 Å². The molecule has 28 heavy (non-hydrogen) atoms. The lowest BCUT2D eigenvalue weighted by molar-refractivity contribution is 0.0286. The number of carbonyl (C=O) groups excluding carboxylic acids is 1. The Labute approximate surface area is 165 Å². The number of anilines is 1. The first kappa shape index (κ1) is 18.7. The molecule has 1 saturated carbocycles. The van der Waals surface area contributed by atoms with Crippen molar-refractivity contribution in [1.29, 1.82) is 0 Å². The SMILES string of the molecule is O=C(NCC1(CN2CCOCC2)CC1)Nc1ccc(Oc2cccnc2)cc1. The van der Waals surface area contributed by atoms with Crippen molar-refractivity contribution < 1.29 is 14.3 Å². The number of ether oxygens (including phenoxy) is 2. The van der Waals surface area contributed by atoms with Gasteiger partial charge in [0.15, 0.2) is 0 Å². The second-order valence-electron chi connectivity index (χ2n) is 7.51. The van der Waals surface area contributed by atoms with E-state index >= 15 is 0 Å². The Kier molecular flexibility index (Phi) is 5.73. The van der Waals surface area contributed by atoms with Gasteiger partial charge < -0.3 is 20.1 Å². The summed E-state index contributed by atoms with van der Waals surface area (Å²) in [5.41, 5.74) is 0.963. The zero-order chi connectivity index (χ0) is 19.2. The molecular formula is C21H26N4O3. The van der Waals surface area contributed by atoms with Crippen LogP contribution in [0.1, 0.15) is 12.8 Å². The molecule has 148 valence electrons. The average molecular weight is 382 g/mol. The molecule has 2 heterocycles. The van der Waals surface area contributed by atoms with Gasteiger partial charge in [-0.1, -0.05) is 0 Å². The van der Waals surface area contributed by atoms with Gasteiger partial charge in [0, 0.05) is 43.5 Å². The molecule has 1 aromatic heterocycles. The maximum atomic E-state index is 12.3. The van der Waals surface area contributed by atoms with Crippen molar-refractivity contribution in [3.05, 3.63) is 48.8 Å². The Morgan fingerprint density at radius 2 is 1.93 bits per heavy atom. The highest BCUT2D eigenvalue weighted by Crippen LogP contribution is 2.45. The molecule has 0 radical (unpaired) electrons. The van der Waals surface area contributed by atoms with Gasteiger partial charge in [-0.2, -0.15) is 0 Å². The predicted molar refractivity (Wildman–Crippen MR) is 107 cm³/mol. The number of nitrogens with zero attached hydrogens (tertiary/aromatic N) is 2. The number of benzene rings is 1. The van der Waals surface area contributed by atoms with Crippen LogP contribution in [0.2, 0.25) is 0 Å². The quantitative estimate of drug-likeness (QED) is 0.770. The maximum absolute atomic E-state index is 12.3. The first-order valence-corrected chi connectivity index (χ1v) is 9.74. The van der Waals surface area contributed by atoms with Crippen molar-refractivity contribution in [1.82, 2.24) is 15.2 Å². The number of nitrogens with one attached hydrogen (secondary N) is 2. The third kappa shape index (κ3) is 5.21. The Hall–Kier alpha value is -2.64. The van der Waals surface area contributed by atoms with Gasteiger partial charge in [0.2, 0.25) is 0 Å². The first-order valence-electron chi connectivity index (χ1n) is 9.74. The van der Waals surface area contributed by atoms with Crippen LogP contribution in [0, 0.1) is 5.41 Å². The minimum Gasteiger partial charge on any atom is -0.456 e. The fraction of sp³-hybridized carbons (Fsp3) is 0.429. The summed E-state index contributed by atoms with van der Waals surface area (Å²) in [6.07, 6.45) is 5.70. The van der Waals surface area contributed by atoms with Gasteiger partial charge in [-0.15, -0.1) is 0 Å². The number of urea groups is 1. The molecule has 4 rings (SSSR count). The highest BCUT2D eigenvalue weighted by atomic mass is 16.5. The van der Waals surface area contributed by atoms with E-state index in [9.17, 15) is 4.79 Å². The minimum absolute atomic E-state index is 0.172. The summed E-state index contributed by atoms with van der Waals surface area (Å²) in [5, 5.41) is 5.92. The van der Waals surface area contributed by atoms with Crippen LogP contribution in [-0.4, -0.2) is 55.3 Å². The molecule has 2 amide bonds. The summed E-state index contributed by atoms with van der Waals surface area (Å²) < 4.78 is 11.1. The van der Waals surface area contributed by atoms with Gasteiger partial charge in [-0.05, 0) is 49.2 Å². The van der Waals surface area contributed by atoms with E-state index in [0.717, 1.165) is 38.5 Å². The summed E-state index contributed by atoms with van der Waals surface area (Å²) in [6, 6.07) is 10.8. The highest BCUT2D eigenvalue weighted by molar-refractivity contribution is 5.89. The van der Waals surface area contributed by atoms with Gasteiger partial charge in [0.05, 0.1) is 19.4 Å². The second-order valence-corrected chi connectivity index (χ2v) is 7.51. The lowest BCUT2D eigenvalue weighted by Crippen LogP contribution is -2.43. The Morgan fingerprint density at radius 1 is 1.14 bits per heavy atom. The van der Waals surface area contributed by atoms with E-state index in [1.807, 2.05) is 36.4 Å².